The lowest BCUT2D eigenvalue weighted by Gasteiger charge is -2.18. The summed E-state index contributed by atoms with van der Waals surface area (Å²) in [6.45, 7) is 3.08. The number of hydrogen-bond donors (Lipinski definition) is 0. The number of hydrazone groups is 1. The summed E-state index contributed by atoms with van der Waals surface area (Å²) >= 11 is 0. The molecule has 2 heteroatoms. The van der Waals surface area contributed by atoms with Gasteiger partial charge in [-0.15, -0.1) is 0 Å². The van der Waals surface area contributed by atoms with Crippen molar-refractivity contribution in [2.75, 3.05) is 11.6 Å². The summed E-state index contributed by atoms with van der Waals surface area (Å²) in [5.74, 6) is 0. The first kappa shape index (κ1) is 12.4. The Morgan fingerprint density at radius 1 is 0.944 bits per heavy atom. The van der Waals surface area contributed by atoms with Crippen molar-refractivity contribution in [2.45, 2.75) is 13.3 Å². The maximum absolute atomic E-state index is 4.56. The van der Waals surface area contributed by atoms with Gasteiger partial charge in [0.05, 0.1) is 11.9 Å². The summed E-state index contributed by atoms with van der Waals surface area (Å²) in [5.41, 5.74) is 2.25. The summed E-state index contributed by atoms with van der Waals surface area (Å²) in [4.78, 5) is 0. The fourth-order valence-electron chi connectivity index (χ4n) is 1.74. The molecule has 0 aliphatic heterocycles. The average Bonchev–Trinajstić information content (AvgIpc) is 2.45. The van der Waals surface area contributed by atoms with Crippen LogP contribution in [0.4, 0.5) is 5.69 Å². The van der Waals surface area contributed by atoms with Crippen molar-refractivity contribution in [3.8, 4) is 0 Å². The van der Waals surface area contributed by atoms with Gasteiger partial charge in [-0.1, -0.05) is 55.5 Å². The first-order chi connectivity index (χ1) is 8.90. The lowest BCUT2D eigenvalue weighted by Crippen LogP contribution is -2.17. The van der Waals surface area contributed by atoms with Gasteiger partial charge in [-0.05, 0) is 24.1 Å². The van der Waals surface area contributed by atoms with Crippen LogP contribution in [0.15, 0.2) is 65.8 Å². The molecule has 0 atom stereocenters. The van der Waals surface area contributed by atoms with Crippen LogP contribution in [0.5, 0.6) is 0 Å². The molecule has 0 unspecified atom stereocenters. The summed E-state index contributed by atoms with van der Waals surface area (Å²) in [6, 6.07) is 20.4. The number of rotatable bonds is 5. The van der Waals surface area contributed by atoms with Crippen molar-refractivity contribution in [1.29, 1.82) is 0 Å². The summed E-state index contributed by atoms with van der Waals surface area (Å²) < 4.78 is 0. The van der Waals surface area contributed by atoms with Crippen molar-refractivity contribution >= 4 is 11.9 Å². The molecule has 2 nitrogen and oxygen atoms in total. The molecule has 0 saturated carbocycles. The number of benzene rings is 2. The van der Waals surface area contributed by atoms with Crippen LogP contribution < -0.4 is 5.01 Å². The zero-order chi connectivity index (χ0) is 12.6. The van der Waals surface area contributed by atoms with Crippen LogP contribution in [0, 0.1) is 0 Å². The number of nitrogens with zero attached hydrogens (tertiary/aromatic N) is 2. The van der Waals surface area contributed by atoms with E-state index in [4.69, 9.17) is 0 Å². The van der Waals surface area contributed by atoms with Crippen LogP contribution >= 0.6 is 0 Å². The maximum atomic E-state index is 4.56. The Morgan fingerprint density at radius 3 is 2.17 bits per heavy atom. The van der Waals surface area contributed by atoms with E-state index in [1.165, 1.54) is 0 Å². The molecule has 2 aromatic carbocycles. The van der Waals surface area contributed by atoms with Gasteiger partial charge in [0.25, 0.3) is 0 Å². The van der Waals surface area contributed by atoms with E-state index < -0.39 is 0 Å². The normalized spacial score (nSPS) is 10.7. The Morgan fingerprint density at radius 2 is 1.56 bits per heavy atom. The second-order valence-corrected chi connectivity index (χ2v) is 4.11. The highest BCUT2D eigenvalue weighted by molar-refractivity contribution is 5.80. The SMILES string of the molecule is CCCN(N=Cc1ccccc1)c1ccccc1. The molecule has 0 saturated heterocycles. The Balaban J connectivity index is 2.14. The fourth-order valence-corrected chi connectivity index (χ4v) is 1.74. The smallest absolute Gasteiger partial charge is 0.0593 e. The molecule has 0 amide bonds. The zero-order valence-corrected chi connectivity index (χ0v) is 10.7. The van der Waals surface area contributed by atoms with Gasteiger partial charge in [0.2, 0.25) is 0 Å². The molecule has 0 aliphatic carbocycles. The first-order valence-electron chi connectivity index (χ1n) is 6.32. The number of para-hydroxylation sites is 1. The standard InChI is InChI=1S/C16H18N2/c1-2-13-18(16-11-7-4-8-12-16)17-14-15-9-5-3-6-10-15/h3-12,14H,2,13H2,1H3. The molecule has 2 aromatic rings. The highest BCUT2D eigenvalue weighted by atomic mass is 15.4. The van der Waals surface area contributed by atoms with Gasteiger partial charge in [0.15, 0.2) is 0 Å². The van der Waals surface area contributed by atoms with Crippen LogP contribution in [0.3, 0.4) is 0 Å². The topological polar surface area (TPSA) is 15.6 Å². The molecular weight excluding hydrogens is 220 g/mol. The van der Waals surface area contributed by atoms with Gasteiger partial charge in [-0.2, -0.15) is 5.10 Å². The number of hydrogen-bond acceptors (Lipinski definition) is 2. The zero-order valence-electron chi connectivity index (χ0n) is 10.7. The molecule has 2 rings (SSSR count). The monoisotopic (exact) mass is 238 g/mol. The van der Waals surface area contributed by atoms with Crippen molar-refractivity contribution in [3.63, 3.8) is 0 Å². The molecule has 0 radical (unpaired) electrons. The van der Waals surface area contributed by atoms with Crippen molar-refractivity contribution in [1.82, 2.24) is 0 Å². The molecule has 18 heavy (non-hydrogen) atoms. The second kappa shape index (κ2) is 6.60. The third-order valence-electron chi connectivity index (χ3n) is 2.64. The van der Waals surface area contributed by atoms with Gasteiger partial charge in [0, 0.05) is 6.54 Å². The highest BCUT2D eigenvalue weighted by Gasteiger charge is 2.01. The Bertz CT molecular complexity index is 477. The summed E-state index contributed by atoms with van der Waals surface area (Å²) in [7, 11) is 0. The quantitative estimate of drug-likeness (QED) is 0.569. The van der Waals surface area contributed by atoms with E-state index in [1.54, 1.807) is 0 Å². The van der Waals surface area contributed by atoms with E-state index in [0.717, 1.165) is 24.2 Å². The van der Waals surface area contributed by atoms with Gasteiger partial charge in [-0.3, -0.25) is 5.01 Å². The molecule has 0 aliphatic rings. The molecule has 92 valence electrons. The predicted octanol–water partition coefficient (Wildman–Crippen LogP) is 3.94. The van der Waals surface area contributed by atoms with E-state index >= 15 is 0 Å². The lowest BCUT2D eigenvalue weighted by molar-refractivity contribution is 0.809. The Kier molecular flexibility index (Phi) is 4.53. The van der Waals surface area contributed by atoms with Crippen molar-refractivity contribution < 1.29 is 0 Å². The molecule has 0 N–H and O–H groups in total. The number of anilines is 1. The molecule has 0 aromatic heterocycles. The highest BCUT2D eigenvalue weighted by Crippen LogP contribution is 2.13. The minimum atomic E-state index is 0.924. The Labute approximate surface area is 109 Å². The van der Waals surface area contributed by atoms with E-state index in [2.05, 4.69) is 36.3 Å². The van der Waals surface area contributed by atoms with E-state index in [1.807, 2.05) is 47.6 Å². The van der Waals surface area contributed by atoms with E-state index in [-0.39, 0.29) is 0 Å². The van der Waals surface area contributed by atoms with Gasteiger partial charge in [0.1, 0.15) is 0 Å². The van der Waals surface area contributed by atoms with Crippen LogP contribution in [-0.4, -0.2) is 12.8 Å². The third-order valence-corrected chi connectivity index (χ3v) is 2.64. The van der Waals surface area contributed by atoms with E-state index in [9.17, 15) is 0 Å². The molecule has 0 spiro atoms. The molecule has 0 fully saturated rings. The predicted molar refractivity (Wildman–Crippen MR) is 78.1 cm³/mol. The van der Waals surface area contributed by atoms with Crippen LogP contribution in [0.2, 0.25) is 0 Å². The fraction of sp³-hybridized carbons (Fsp3) is 0.188. The minimum absolute atomic E-state index is 0.924. The summed E-state index contributed by atoms with van der Waals surface area (Å²) in [6.07, 6.45) is 2.98. The average molecular weight is 238 g/mol. The van der Waals surface area contributed by atoms with Crippen molar-refractivity contribution in [3.05, 3.63) is 66.2 Å². The lowest BCUT2D eigenvalue weighted by atomic mass is 10.2. The largest absolute Gasteiger partial charge is 0.266 e. The van der Waals surface area contributed by atoms with Crippen LogP contribution in [0.25, 0.3) is 0 Å². The third kappa shape index (κ3) is 3.45. The van der Waals surface area contributed by atoms with Gasteiger partial charge < -0.3 is 0 Å². The molecular formula is C16H18N2. The second-order valence-electron chi connectivity index (χ2n) is 4.11. The van der Waals surface area contributed by atoms with Gasteiger partial charge >= 0.3 is 0 Å². The summed E-state index contributed by atoms with van der Waals surface area (Å²) in [5, 5.41) is 6.60. The minimum Gasteiger partial charge on any atom is -0.266 e. The van der Waals surface area contributed by atoms with Crippen molar-refractivity contribution in [2.24, 2.45) is 5.10 Å². The van der Waals surface area contributed by atoms with E-state index in [0.29, 0.717) is 0 Å². The van der Waals surface area contributed by atoms with Crippen LogP contribution in [0.1, 0.15) is 18.9 Å². The Hall–Kier alpha value is -2.09. The van der Waals surface area contributed by atoms with Crippen LogP contribution in [-0.2, 0) is 0 Å². The first-order valence-corrected chi connectivity index (χ1v) is 6.32. The van der Waals surface area contributed by atoms with Gasteiger partial charge in [-0.25, -0.2) is 0 Å². The molecule has 0 heterocycles. The maximum Gasteiger partial charge on any atom is 0.0593 e. The molecule has 0 bridgehead atoms.